The maximum Gasteiger partial charge on any atom is 0.305 e. The van der Waals surface area contributed by atoms with Gasteiger partial charge < -0.3 is 19.9 Å². The Bertz CT molecular complexity index is 1090. The molecule has 184 valence electrons. The van der Waals surface area contributed by atoms with Crippen LogP contribution >= 0.6 is 11.3 Å². The van der Waals surface area contributed by atoms with Crippen LogP contribution in [0.3, 0.4) is 0 Å². The van der Waals surface area contributed by atoms with Crippen molar-refractivity contribution in [1.82, 2.24) is 9.88 Å². The number of rotatable bonds is 10. The minimum absolute atomic E-state index is 0.184. The van der Waals surface area contributed by atoms with E-state index in [0.29, 0.717) is 6.42 Å². The van der Waals surface area contributed by atoms with Gasteiger partial charge in [0.15, 0.2) is 0 Å². The molecule has 2 unspecified atom stereocenters. The summed E-state index contributed by atoms with van der Waals surface area (Å²) in [5, 5.41) is 15.6. The van der Waals surface area contributed by atoms with Gasteiger partial charge in [0.1, 0.15) is 6.04 Å². The quantitative estimate of drug-likeness (QED) is 0.521. The van der Waals surface area contributed by atoms with E-state index in [2.05, 4.69) is 10.2 Å². The molecule has 34 heavy (non-hydrogen) atoms. The molecule has 0 bridgehead atoms. The van der Waals surface area contributed by atoms with Gasteiger partial charge in [-0.25, -0.2) is 0 Å². The van der Waals surface area contributed by atoms with Gasteiger partial charge in [0.2, 0.25) is 5.91 Å². The van der Waals surface area contributed by atoms with E-state index in [1.165, 1.54) is 29.9 Å². The van der Waals surface area contributed by atoms with Gasteiger partial charge in [0.25, 0.3) is 5.56 Å². The summed E-state index contributed by atoms with van der Waals surface area (Å²) in [6, 6.07) is 4.02. The molecule has 0 radical (unpaired) electrons. The topological polar surface area (TPSA) is 91.6 Å². The molecule has 2 N–H and O–H groups in total. The van der Waals surface area contributed by atoms with Crippen LogP contribution in [0.1, 0.15) is 69.2 Å². The molecule has 2 fully saturated rings. The monoisotopic (exact) mass is 485 g/mol. The third-order valence-electron chi connectivity index (χ3n) is 6.97. The molecule has 4 rings (SSSR count). The Morgan fingerprint density at radius 3 is 2.62 bits per heavy atom. The fourth-order valence-corrected chi connectivity index (χ4v) is 5.97. The number of carboxylic acids is 1. The highest BCUT2D eigenvalue weighted by Gasteiger charge is 2.36. The normalized spacial score (nSPS) is 19.9. The summed E-state index contributed by atoms with van der Waals surface area (Å²) in [7, 11) is 0. The highest BCUT2D eigenvalue weighted by atomic mass is 32.1. The second-order valence-electron chi connectivity index (χ2n) is 10.3. The number of aryl methyl sites for hydroxylation is 1. The molecule has 7 nitrogen and oxygen atoms in total. The van der Waals surface area contributed by atoms with Crippen LogP contribution in [0.4, 0.5) is 5.00 Å². The SMILES string of the molecule is Cc1ccn(C(CC(C)C)C(=O)NC(CC(=O)O)c2csc(N3CC[C@H](C4CC4)C3)c2)c(=O)c1. The number of carbonyl (C=O) groups excluding carboxylic acids is 1. The second kappa shape index (κ2) is 10.3. The zero-order valence-electron chi connectivity index (χ0n) is 20.2. The summed E-state index contributed by atoms with van der Waals surface area (Å²) < 4.78 is 1.46. The van der Waals surface area contributed by atoms with E-state index in [1.54, 1.807) is 17.5 Å². The van der Waals surface area contributed by atoms with Crippen molar-refractivity contribution in [2.45, 2.75) is 65.0 Å². The van der Waals surface area contributed by atoms with Crippen LogP contribution in [-0.4, -0.2) is 34.6 Å². The lowest BCUT2D eigenvalue weighted by atomic mass is 10.0. The molecular formula is C26H35N3O4S. The van der Waals surface area contributed by atoms with E-state index >= 15 is 0 Å². The summed E-state index contributed by atoms with van der Waals surface area (Å²) in [6.07, 6.45) is 5.85. The smallest absolute Gasteiger partial charge is 0.305 e. The number of anilines is 1. The van der Waals surface area contributed by atoms with E-state index in [4.69, 9.17) is 0 Å². The molecule has 0 spiro atoms. The number of amides is 1. The van der Waals surface area contributed by atoms with Crippen LogP contribution in [0.15, 0.2) is 34.6 Å². The fraction of sp³-hybridized carbons (Fsp3) is 0.577. The lowest BCUT2D eigenvalue weighted by Gasteiger charge is -2.24. The molecule has 8 heteroatoms. The Labute approximate surface area is 204 Å². The number of hydrogen-bond donors (Lipinski definition) is 2. The number of nitrogens with zero attached hydrogens (tertiary/aromatic N) is 2. The highest BCUT2D eigenvalue weighted by molar-refractivity contribution is 7.14. The first-order valence-electron chi connectivity index (χ1n) is 12.3. The number of carbonyl (C=O) groups is 2. The molecule has 1 aliphatic carbocycles. The van der Waals surface area contributed by atoms with Crippen molar-refractivity contribution < 1.29 is 14.7 Å². The van der Waals surface area contributed by atoms with Crippen LogP contribution < -0.4 is 15.8 Å². The van der Waals surface area contributed by atoms with Gasteiger partial charge in [0, 0.05) is 25.4 Å². The van der Waals surface area contributed by atoms with Gasteiger partial charge in [-0.2, -0.15) is 0 Å². The number of carboxylic acid groups (broad SMARTS) is 1. The number of aliphatic carboxylic acids is 1. The highest BCUT2D eigenvalue weighted by Crippen LogP contribution is 2.43. The first-order chi connectivity index (χ1) is 16.2. The van der Waals surface area contributed by atoms with E-state index in [-0.39, 0.29) is 23.8 Å². The van der Waals surface area contributed by atoms with Gasteiger partial charge in [-0.1, -0.05) is 13.8 Å². The van der Waals surface area contributed by atoms with Crippen molar-refractivity contribution in [3.05, 3.63) is 51.3 Å². The minimum Gasteiger partial charge on any atom is -0.481 e. The summed E-state index contributed by atoms with van der Waals surface area (Å²) in [5.74, 6) is 0.537. The molecule has 1 saturated carbocycles. The maximum atomic E-state index is 13.4. The van der Waals surface area contributed by atoms with E-state index in [0.717, 1.165) is 41.1 Å². The predicted molar refractivity (Wildman–Crippen MR) is 134 cm³/mol. The van der Waals surface area contributed by atoms with Gasteiger partial charge in [-0.15, -0.1) is 11.3 Å². The Morgan fingerprint density at radius 1 is 1.21 bits per heavy atom. The van der Waals surface area contributed by atoms with Crippen molar-refractivity contribution in [3.63, 3.8) is 0 Å². The third-order valence-corrected chi connectivity index (χ3v) is 7.97. The molecule has 2 aromatic heterocycles. The summed E-state index contributed by atoms with van der Waals surface area (Å²) in [6.45, 7) is 7.94. The van der Waals surface area contributed by atoms with Crippen molar-refractivity contribution in [1.29, 1.82) is 0 Å². The third kappa shape index (κ3) is 5.90. The molecule has 2 aromatic rings. The molecule has 1 amide bonds. The van der Waals surface area contributed by atoms with Gasteiger partial charge in [-0.3, -0.25) is 14.4 Å². The van der Waals surface area contributed by atoms with Gasteiger partial charge in [-0.05, 0) is 79.0 Å². The van der Waals surface area contributed by atoms with Crippen molar-refractivity contribution in [3.8, 4) is 0 Å². The molecule has 1 saturated heterocycles. The predicted octanol–water partition coefficient (Wildman–Crippen LogP) is 4.37. The number of aromatic nitrogens is 1. The summed E-state index contributed by atoms with van der Waals surface area (Å²) >= 11 is 1.61. The molecule has 0 aromatic carbocycles. The number of thiophene rings is 1. The Balaban J connectivity index is 1.52. The second-order valence-corrected chi connectivity index (χ2v) is 11.2. The number of hydrogen-bond acceptors (Lipinski definition) is 5. The van der Waals surface area contributed by atoms with Crippen LogP contribution in [-0.2, 0) is 9.59 Å². The Morgan fingerprint density at radius 2 is 1.97 bits per heavy atom. The van der Waals surface area contributed by atoms with E-state index < -0.39 is 18.1 Å². The van der Waals surface area contributed by atoms with Gasteiger partial charge in [0.05, 0.1) is 17.5 Å². The van der Waals surface area contributed by atoms with Crippen LogP contribution in [0.2, 0.25) is 0 Å². The average Bonchev–Trinajstić information content (AvgIpc) is 3.29. The standard InChI is InChI=1S/C26H35N3O4S/c1-16(2)10-22(29-9-6-17(3)11-23(29)30)26(33)27-21(13-25(31)32)20-12-24(34-15-20)28-8-7-19(14-28)18-4-5-18/h6,9,11-12,15-16,18-19,21-22H,4-5,7-8,10,13-14H2,1-3H3,(H,27,33)(H,31,32)/t19-,21?,22?/m0/s1. The largest absolute Gasteiger partial charge is 0.481 e. The first-order valence-corrected chi connectivity index (χ1v) is 13.1. The number of nitrogens with one attached hydrogen (secondary N) is 1. The lowest BCUT2D eigenvalue weighted by molar-refractivity contribution is -0.138. The average molecular weight is 486 g/mol. The maximum absolute atomic E-state index is 13.4. The Kier molecular flexibility index (Phi) is 7.45. The van der Waals surface area contributed by atoms with E-state index in [9.17, 15) is 19.5 Å². The Hall–Kier alpha value is -2.61. The summed E-state index contributed by atoms with van der Waals surface area (Å²) in [4.78, 5) is 40.1. The first kappa shape index (κ1) is 24.5. The molecular weight excluding hydrogens is 450 g/mol. The van der Waals surface area contributed by atoms with E-state index in [1.807, 2.05) is 38.3 Å². The minimum atomic E-state index is -0.971. The zero-order valence-corrected chi connectivity index (χ0v) is 21.0. The van der Waals surface area contributed by atoms with Crippen molar-refractivity contribution >= 4 is 28.2 Å². The molecule has 3 atom stereocenters. The van der Waals surface area contributed by atoms with Crippen LogP contribution in [0, 0.1) is 24.7 Å². The summed E-state index contributed by atoms with van der Waals surface area (Å²) in [5.41, 5.74) is 1.42. The zero-order chi connectivity index (χ0) is 24.4. The van der Waals surface area contributed by atoms with Gasteiger partial charge >= 0.3 is 5.97 Å². The van der Waals surface area contributed by atoms with Crippen molar-refractivity contribution in [2.75, 3.05) is 18.0 Å². The fourth-order valence-electron chi connectivity index (χ4n) is 4.96. The van der Waals surface area contributed by atoms with Crippen LogP contribution in [0.5, 0.6) is 0 Å². The molecule has 2 aliphatic rings. The van der Waals surface area contributed by atoms with Crippen molar-refractivity contribution in [2.24, 2.45) is 17.8 Å². The number of pyridine rings is 1. The van der Waals surface area contributed by atoms with Crippen LogP contribution in [0.25, 0.3) is 0 Å². The molecule has 1 aliphatic heterocycles. The lowest BCUT2D eigenvalue weighted by Crippen LogP contribution is -2.40. The molecule has 3 heterocycles.